The van der Waals surface area contributed by atoms with Gasteiger partial charge in [-0.15, -0.1) is 0 Å². The molecule has 0 bridgehead atoms. The van der Waals surface area contributed by atoms with E-state index in [2.05, 4.69) is 41.5 Å². The van der Waals surface area contributed by atoms with Crippen molar-refractivity contribution < 1.29 is 43.5 Å². The van der Waals surface area contributed by atoms with Crippen molar-refractivity contribution in [1.82, 2.24) is 0 Å². The van der Waals surface area contributed by atoms with Crippen LogP contribution in [0.15, 0.2) is 36.4 Å². The second-order valence-corrected chi connectivity index (χ2v) is 10.5. The normalized spacial score (nSPS) is 11.6. The summed E-state index contributed by atoms with van der Waals surface area (Å²) >= 11 is 0. The molecule has 0 fully saturated rings. The van der Waals surface area contributed by atoms with E-state index in [1.54, 1.807) is 12.1 Å². The quantitative estimate of drug-likeness (QED) is 0.343. The van der Waals surface area contributed by atoms with Crippen LogP contribution < -0.4 is 18.9 Å². The van der Waals surface area contributed by atoms with Crippen molar-refractivity contribution in [1.29, 1.82) is 0 Å². The smallest absolute Gasteiger partial charge is 0.341 e. The SMILES string of the molecule is CC(C)(C)c1ccc(OCC(=O)O)c(OCCOCCOc2cc(C(C)(C)C)ccc2OCC(=O)O)c1. The monoisotopic (exact) mass is 518 g/mol. The van der Waals surface area contributed by atoms with Crippen molar-refractivity contribution in [2.75, 3.05) is 39.6 Å². The van der Waals surface area contributed by atoms with Crippen LogP contribution in [0.25, 0.3) is 0 Å². The maximum atomic E-state index is 10.9. The first-order chi connectivity index (χ1) is 17.3. The van der Waals surface area contributed by atoms with Gasteiger partial charge in [0.15, 0.2) is 36.2 Å². The average Bonchev–Trinajstić information content (AvgIpc) is 2.80. The molecule has 0 aliphatic carbocycles. The number of ether oxygens (including phenoxy) is 5. The molecule has 0 amide bonds. The lowest BCUT2D eigenvalue weighted by Gasteiger charge is -2.21. The van der Waals surface area contributed by atoms with Crippen LogP contribution in [0.2, 0.25) is 0 Å². The Morgan fingerprint density at radius 3 is 1.30 bits per heavy atom. The number of hydrogen-bond acceptors (Lipinski definition) is 7. The van der Waals surface area contributed by atoms with E-state index >= 15 is 0 Å². The van der Waals surface area contributed by atoms with Crippen molar-refractivity contribution >= 4 is 11.9 Å². The number of rotatable bonds is 14. The molecule has 9 nitrogen and oxygen atoms in total. The number of benzene rings is 2. The number of carbonyl (C=O) groups is 2. The Balaban J connectivity index is 1.91. The molecule has 2 aromatic rings. The molecule has 0 aliphatic rings. The zero-order chi connectivity index (χ0) is 27.6. The summed E-state index contributed by atoms with van der Waals surface area (Å²) in [5.41, 5.74) is 1.82. The second kappa shape index (κ2) is 13.2. The van der Waals surface area contributed by atoms with E-state index in [0.29, 0.717) is 23.0 Å². The van der Waals surface area contributed by atoms with Gasteiger partial charge in [-0.05, 0) is 46.2 Å². The highest BCUT2D eigenvalue weighted by atomic mass is 16.6. The van der Waals surface area contributed by atoms with Gasteiger partial charge in [-0.2, -0.15) is 0 Å². The molecule has 0 saturated carbocycles. The molecule has 0 unspecified atom stereocenters. The standard InChI is InChI=1S/C28H38O9/c1-27(2,3)19-7-9-21(36-17-25(29)30)23(15-19)34-13-11-33-12-14-35-24-16-20(28(4,5)6)8-10-22(24)37-18-26(31)32/h7-10,15-16H,11-14,17-18H2,1-6H3,(H,29,30)(H,31,32). The van der Waals surface area contributed by atoms with Gasteiger partial charge in [0.2, 0.25) is 0 Å². The minimum Gasteiger partial charge on any atom is -0.487 e. The third-order valence-electron chi connectivity index (χ3n) is 5.29. The van der Waals surface area contributed by atoms with Gasteiger partial charge >= 0.3 is 11.9 Å². The Labute approximate surface area is 218 Å². The van der Waals surface area contributed by atoms with E-state index in [9.17, 15) is 9.59 Å². The summed E-state index contributed by atoms with van der Waals surface area (Å²) in [5.74, 6) is -0.532. The molecule has 0 aliphatic heterocycles. The van der Waals surface area contributed by atoms with Crippen LogP contribution in [0.1, 0.15) is 52.7 Å². The van der Waals surface area contributed by atoms with E-state index in [0.717, 1.165) is 11.1 Å². The Kier molecular flexibility index (Phi) is 10.6. The highest BCUT2D eigenvalue weighted by Crippen LogP contribution is 2.34. The summed E-state index contributed by atoms with van der Waals surface area (Å²) in [6, 6.07) is 10.9. The van der Waals surface area contributed by atoms with E-state index in [1.165, 1.54) is 0 Å². The fourth-order valence-corrected chi connectivity index (χ4v) is 3.22. The summed E-state index contributed by atoms with van der Waals surface area (Å²) in [6.45, 7) is 12.5. The van der Waals surface area contributed by atoms with Gasteiger partial charge in [0, 0.05) is 0 Å². The lowest BCUT2D eigenvalue weighted by molar-refractivity contribution is -0.140. The Hall–Kier alpha value is -3.46. The van der Waals surface area contributed by atoms with Crippen molar-refractivity contribution in [3.63, 3.8) is 0 Å². The van der Waals surface area contributed by atoms with Crippen LogP contribution in [0, 0.1) is 0 Å². The lowest BCUT2D eigenvalue weighted by atomic mass is 9.87. The molecular formula is C28H38O9. The molecule has 9 heteroatoms. The lowest BCUT2D eigenvalue weighted by Crippen LogP contribution is -2.16. The summed E-state index contributed by atoms with van der Waals surface area (Å²) in [6.07, 6.45) is 0. The Morgan fingerprint density at radius 1 is 0.595 bits per heavy atom. The molecule has 2 N–H and O–H groups in total. The number of hydrogen-bond donors (Lipinski definition) is 2. The minimum atomic E-state index is -1.07. The fourth-order valence-electron chi connectivity index (χ4n) is 3.22. The summed E-state index contributed by atoms with van der Waals surface area (Å²) in [5, 5.41) is 17.8. The summed E-state index contributed by atoms with van der Waals surface area (Å²) in [4.78, 5) is 21.8. The number of aliphatic carboxylic acids is 2. The van der Waals surface area contributed by atoms with Crippen LogP contribution in [0.4, 0.5) is 0 Å². The van der Waals surface area contributed by atoms with Crippen LogP contribution in [-0.4, -0.2) is 61.8 Å². The van der Waals surface area contributed by atoms with E-state index in [4.69, 9.17) is 33.9 Å². The molecule has 204 valence electrons. The van der Waals surface area contributed by atoms with Crippen LogP contribution in [0.3, 0.4) is 0 Å². The van der Waals surface area contributed by atoms with Gasteiger partial charge in [0.25, 0.3) is 0 Å². The highest BCUT2D eigenvalue weighted by molar-refractivity contribution is 5.69. The molecule has 0 saturated heterocycles. The predicted octanol–water partition coefficient (Wildman–Crippen LogP) is 4.68. The molecule has 0 radical (unpaired) electrons. The Bertz CT molecular complexity index is 965. The van der Waals surface area contributed by atoms with Gasteiger partial charge in [0.1, 0.15) is 13.2 Å². The minimum absolute atomic E-state index is 0.116. The van der Waals surface area contributed by atoms with Crippen molar-refractivity contribution in [2.45, 2.75) is 52.4 Å². The first kappa shape index (κ1) is 29.8. The van der Waals surface area contributed by atoms with Crippen LogP contribution in [-0.2, 0) is 25.2 Å². The molecule has 37 heavy (non-hydrogen) atoms. The zero-order valence-corrected chi connectivity index (χ0v) is 22.5. The average molecular weight is 519 g/mol. The van der Waals surface area contributed by atoms with Crippen molar-refractivity contribution in [3.05, 3.63) is 47.5 Å². The first-order valence-corrected chi connectivity index (χ1v) is 12.1. The fraction of sp³-hybridized carbons (Fsp3) is 0.500. The maximum Gasteiger partial charge on any atom is 0.341 e. The van der Waals surface area contributed by atoms with Gasteiger partial charge in [-0.3, -0.25) is 0 Å². The molecular weight excluding hydrogens is 480 g/mol. The van der Waals surface area contributed by atoms with Crippen molar-refractivity contribution in [2.24, 2.45) is 0 Å². The zero-order valence-electron chi connectivity index (χ0n) is 22.5. The number of carboxylic acids is 2. The van der Waals surface area contributed by atoms with Gasteiger partial charge < -0.3 is 33.9 Å². The predicted molar refractivity (Wildman–Crippen MR) is 138 cm³/mol. The first-order valence-electron chi connectivity index (χ1n) is 12.1. The maximum absolute atomic E-state index is 10.9. The van der Waals surface area contributed by atoms with Gasteiger partial charge in [-0.25, -0.2) is 9.59 Å². The van der Waals surface area contributed by atoms with Gasteiger partial charge in [0.05, 0.1) is 13.2 Å². The molecule has 0 aromatic heterocycles. The number of carboxylic acid groups (broad SMARTS) is 2. The topological polar surface area (TPSA) is 121 Å². The third kappa shape index (κ3) is 10.2. The van der Waals surface area contributed by atoms with E-state index in [1.807, 2.05) is 24.3 Å². The van der Waals surface area contributed by atoms with Crippen molar-refractivity contribution in [3.8, 4) is 23.0 Å². The largest absolute Gasteiger partial charge is 0.487 e. The molecule has 2 aromatic carbocycles. The second-order valence-electron chi connectivity index (χ2n) is 10.5. The molecule has 2 rings (SSSR count). The third-order valence-corrected chi connectivity index (χ3v) is 5.29. The van der Waals surface area contributed by atoms with E-state index < -0.39 is 25.2 Å². The summed E-state index contributed by atoms with van der Waals surface area (Å²) in [7, 11) is 0. The van der Waals surface area contributed by atoms with Gasteiger partial charge in [-0.1, -0.05) is 53.7 Å². The Morgan fingerprint density at radius 2 is 0.973 bits per heavy atom. The van der Waals surface area contributed by atoms with Crippen LogP contribution >= 0.6 is 0 Å². The molecule has 0 atom stereocenters. The van der Waals surface area contributed by atoms with Crippen LogP contribution in [0.5, 0.6) is 23.0 Å². The molecule has 0 spiro atoms. The summed E-state index contributed by atoms with van der Waals surface area (Å²) < 4.78 is 28.0. The van der Waals surface area contributed by atoms with E-state index in [-0.39, 0.29) is 37.3 Å². The molecule has 0 heterocycles. The highest BCUT2D eigenvalue weighted by Gasteiger charge is 2.19.